The van der Waals surface area contributed by atoms with E-state index in [2.05, 4.69) is 5.32 Å². The molecule has 1 aliphatic carbocycles. The summed E-state index contributed by atoms with van der Waals surface area (Å²) >= 11 is 0. The van der Waals surface area contributed by atoms with Crippen molar-refractivity contribution in [2.24, 2.45) is 0 Å². The highest BCUT2D eigenvalue weighted by Crippen LogP contribution is 2.28. The van der Waals surface area contributed by atoms with Crippen molar-refractivity contribution in [1.29, 1.82) is 0 Å². The Balaban J connectivity index is 0.00000147. The molecule has 1 N–H and O–H groups in total. The quantitative estimate of drug-likeness (QED) is 0.755. The van der Waals surface area contributed by atoms with Crippen LogP contribution in [0.1, 0.15) is 19.8 Å². The van der Waals surface area contributed by atoms with Gasteiger partial charge in [0.15, 0.2) is 0 Å². The summed E-state index contributed by atoms with van der Waals surface area (Å²) in [5, 5.41) is 3.19. The van der Waals surface area contributed by atoms with E-state index >= 15 is 0 Å². The maximum atomic E-state index is 12.4. The molecule has 6 nitrogen and oxygen atoms in total. The molecule has 0 bridgehead atoms. The van der Waals surface area contributed by atoms with E-state index in [9.17, 15) is 9.59 Å². The Morgan fingerprint density at radius 3 is 2.70 bits per heavy atom. The second kappa shape index (κ2) is 6.28. The van der Waals surface area contributed by atoms with E-state index < -0.39 is 0 Å². The van der Waals surface area contributed by atoms with Crippen molar-refractivity contribution < 1.29 is 14.3 Å². The number of rotatable bonds is 2. The van der Waals surface area contributed by atoms with Gasteiger partial charge in [0.1, 0.15) is 6.04 Å². The average Bonchev–Trinajstić information content (AvgIpc) is 3.23. The standard InChI is InChI=1S/C13H21N3O3.ClH/c1-9-12(14-4-7-19-9)13(18)15-5-6-16(10-2-3-10)11(17)8-15;/h9-10,12,14H,2-8H2,1H3;1H/t9-,12+;/m1./s1. The molecule has 0 spiro atoms. The van der Waals surface area contributed by atoms with Gasteiger partial charge in [0, 0.05) is 25.7 Å². The zero-order valence-electron chi connectivity index (χ0n) is 11.7. The predicted octanol–water partition coefficient (Wildman–Crippen LogP) is -0.382. The first-order valence-electron chi connectivity index (χ1n) is 7.10. The summed E-state index contributed by atoms with van der Waals surface area (Å²) in [5.41, 5.74) is 0. The number of ether oxygens (including phenoxy) is 1. The van der Waals surface area contributed by atoms with E-state index in [0.29, 0.717) is 32.3 Å². The Hall–Kier alpha value is -0.850. The van der Waals surface area contributed by atoms with Gasteiger partial charge >= 0.3 is 0 Å². The maximum Gasteiger partial charge on any atom is 0.242 e. The first-order chi connectivity index (χ1) is 9.16. The first-order valence-corrected chi connectivity index (χ1v) is 7.10. The Morgan fingerprint density at radius 1 is 1.35 bits per heavy atom. The van der Waals surface area contributed by atoms with Crippen LogP contribution in [-0.2, 0) is 14.3 Å². The molecule has 20 heavy (non-hydrogen) atoms. The monoisotopic (exact) mass is 303 g/mol. The van der Waals surface area contributed by atoms with Crippen LogP contribution in [0.2, 0.25) is 0 Å². The molecule has 2 heterocycles. The molecule has 0 aromatic heterocycles. The van der Waals surface area contributed by atoms with Crippen LogP contribution in [0.5, 0.6) is 0 Å². The fourth-order valence-corrected chi connectivity index (χ4v) is 2.85. The maximum absolute atomic E-state index is 12.4. The molecule has 0 aromatic carbocycles. The van der Waals surface area contributed by atoms with Crippen molar-refractivity contribution in [3.63, 3.8) is 0 Å². The van der Waals surface area contributed by atoms with Gasteiger partial charge in [-0.1, -0.05) is 0 Å². The molecule has 0 unspecified atom stereocenters. The van der Waals surface area contributed by atoms with E-state index in [4.69, 9.17) is 4.74 Å². The number of piperazine rings is 1. The lowest BCUT2D eigenvalue weighted by molar-refractivity contribution is -0.150. The van der Waals surface area contributed by atoms with Gasteiger partial charge in [-0.15, -0.1) is 12.4 Å². The van der Waals surface area contributed by atoms with E-state index in [1.54, 1.807) is 4.90 Å². The SMILES string of the molecule is C[C@H]1OCCN[C@@H]1C(=O)N1CCN(C2CC2)C(=O)C1.Cl. The third-order valence-electron chi connectivity index (χ3n) is 4.14. The minimum Gasteiger partial charge on any atom is -0.375 e. The highest BCUT2D eigenvalue weighted by molar-refractivity contribution is 5.89. The number of nitrogens with one attached hydrogen (secondary N) is 1. The third-order valence-corrected chi connectivity index (χ3v) is 4.14. The molecule has 7 heteroatoms. The van der Waals surface area contributed by atoms with Crippen LogP contribution in [-0.4, -0.2) is 72.6 Å². The number of hydrogen-bond donors (Lipinski definition) is 1. The normalized spacial score (nSPS) is 30.9. The lowest BCUT2D eigenvalue weighted by Gasteiger charge is -2.38. The summed E-state index contributed by atoms with van der Waals surface area (Å²) in [6.07, 6.45) is 2.11. The van der Waals surface area contributed by atoms with Gasteiger partial charge in [-0.2, -0.15) is 0 Å². The van der Waals surface area contributed by atoms with Gasteiger partial charge < -0.3 is 19.9 Å². The van der Waals surface area contributed by atoms with Crippen LogP contribution < -0.4 is 5.32 Å². The second-order valence-electron chi connectivity index (χ2n) is 5.59. The van der Waals surface area contributed by atoms with Gasteiger partial charge in [-0.25, -0.2) is 0 Å². The van der Waals surface area contributed by atoms with E-state index in [1.807, 2.05) is 11.8 Å². The molecule has 2 atom stereocenters. The average molecular weight is 304 g/mol. The topological polar surface area (TPSA) is 61.9 Å². The van der Waals surface area contributed by atoms with Gasteiger partial charge in [-0.3, -0.25) is 9.59 Å². The smallest absolute Gasteiger partial charge is 0.242 e. The molecule has 0 radical (unpaired) electrons. The van der Waals surface area contributed by atoms with E-state index in [0.717, 1.165) is 12.8 Å². The lowest BCUT2D eigenvalue weighted by Crippen LogP contribution is -2.61. The minimum atomic E-state index is -0.311. The van der Waals surface area contributed by atoms with Crippen molar-refractivity contribution in [1.82, 2.24) is 15.1 Å². The predicted molar refractivity (Wildman–Crippen MR) is 75.8 cm³/mol. The summed E-state index contributed by atoms with van der Waals surface area (Å²) in [4.78, 5) is 28.0. The van der Waals surface area contributed by atoms with Crippen molar-refractivity contribution >= 4 is 24.2 Å². The number of hydrogen-bond acceptors (Lipinski definition) is 4. The molecule has 114 valence electrons. The molecule has 2 amide bonds. The van der Waals surface area contributed by atoms with Crippen LogP contribution in [0.4, 0.5) is 0 Å². The fraction of sp³-hybridized carbons (Fsp3) is 0.846. The first kappa shape index (κ1) is 15.5. The number of nitrogens with zero attached hydrogens (tertiary/aromatic N) is 2. The molecule has 3 aliphatic rings. The van der Waals surface area contributed by atoms with E-state index in [1.165, 1.54) is 0 Å². The summed E-state index contributed by atoms with van der Waals surface area (Å²) in [6.45, 7) is 4.77. The summed E-state index contributed by atoms with van der Waals surface area (Å²) < 4.78 is 5.49. The Morgan fingerprint density at radius 2 is 2.10 bits per heavy atom. The van der Waals surface area contributed by atoms with Gasteiger partial charge in [0.2, 0.25) is 11.8 Å². The van der Waals surface area contributed by atoms with Gasteiger partial charge in [0.25, 0.3) is 0 Å². The summed E-state index contributed by atoms with van der Waals surface area (Å²) in [5.74, 6) is 0.0856. The van der Waals surface area contributed by atoms with Gasteiger partial charge in [0.05, 0.1) is 19.3 Å². The Kier molecular flexibility index (Phi) is 4.88. The molecular formula is C13H22ClN3O3. The number of halogens is 1. The van der Waals surface area contributed by atoms with Crippen LogP contribution in [0.3, 0.4) is 0 Å². The van der Waals surface area contributed by atoms with E-state index in [-0.39, 0.29) is 42.9 Å². The molecule has 3 rings (SSSR count). The molecule has 1 saturated carbocycles. The number of morpholine rings is 1. The fourth-order valence-electron chi connectivity index (χ4n) is 2.85. The Labute approximate surface area is 125 Å². The third kappa shape index (κ3) is 3.07. The molecule has 3 fully saturated rings. The van der Waals surface area contributed by atoms with Crippen molar-refractivity contribution in [3.05, 3.63) is 0 Å². The minimum absolute atomic E-state index is 0. The van der Waals surface area contributed by atoms with Crippen LogP contribution in [0.15, 0.2) is 0 Å². The zero-order chi connectivity index (χ0) is 13.4. The van der Waals surface area contributed by atoms with Crippen molar-refractivity contribution in [2.75, 3.05) is 32.8 Å². The highest BCUT2D eigenvalue weighted by atomic mass is 35.5. The van der Waals surface area contributed by atoms with Crippen molar-refractivity contribution in [2.45, 2.75) is 38.0 Å². The Bertz CT molecular complexity index is 389. The number of carbonyl (C=O) groups excluding carboxylic acids is 2. The number of carbonyl (C=O) groups is 2. The largest absolute Gasteiger partial charge is 0.375 e. The zero-order valence-corrected chi connectivity index (χ0v) is 12.5. The summed E-state index contributed by atoms with van der Waals surface area (Å²) in [6, 6.07) is 0.133. The molecule has 0 aromatic rings. The molecular weight excluding hydrogens is 282 g/mol. The molecule has 2 aliphatic heterocycles. The molecule has 2 saturated heterocycles. The summed E-state index contributed by atoms with van der Waals surface area (Å²) in [7, 11) is 0. The van der Waals surface area contributed by atoms with Crippen molar-refractivity contribution in [3.8, 4) is 0 Å². The van der Waals surface area contributed by atoms with Crippen LogP contribution in [0.25, 0.3) is 0 Å². The second-order valence-corrected chi connectivity index (χ2v) is 5.59. The lowest BCUT2D eigenvalue weighted by atomic mass is 10.1. The van der Waals surface area contributed by atoms with Gasteiger partial charge in [-0.05, 0) is 19.8 Å². The van der Waals surface area contributed by atoms with Crippen LogP contribution >= 0.6 is 12.4 Å². The highest BCUT2D eigenvalue weighted by Gasteiger charge is 2.39. The van der Waals surface area contributed by atoms with Crippen LogP contribution in [0, 0.1) is 0 Å². The number of amides is 2.